The van der Waals surface area contributed by atoms with Crippen LogP contribution in [0.5, 0.6) is 0 Å². The first-order valence-electron chi connectivity index (χ1n) is 5.28. The largest absolute Gasteiger partial charge is 0.379 e. The monoisotopic (exact) mass is 220 g/mol. The normalized spacial score (nSPS) is 19.0. The van der Waals surface area contributed by atoms with Crippen molar-refractivity contribution in [1.82, 2.24) is 4.90 Å². The fraction of sp³-hybridized carbons (Fsp3) is 0.417. The number of hydrogen-bond donors (Lipinski definition) is 0. The number of rotatable bonds is 2. The predicted octanol–water partition coefficient (Wildman–Crippen LogP) is 1.72. The molecule has 2 rings (SSSR count). The van der Waals surface area contributed by atoms with E-state index in [2.05, 4.69) is 11.0 Å². The van der Waals surface area contributed by atoms with Crippen LogP contribution in [0, 0.1) is 17.1 Å². The van der Waals surface area contributed by atoms with Gasteiger partial charge < -0.3 is 4.74 Å². The average molecular weight is 220 g/mol. The lowest BCUT2D eigenvalue weighted by Gasteiger charge is -2.30. The summed E-state index contributed by atoms with van der Waals surface area (Å²) in [6.07, 6.45) is 0. The van der Waals surface area contributed by atoms with Crippen LogP contribution >= 0.6 is 0 Å². The minimum atomic E-state index is -0.301. The van der Waals surface area contributed by atoms with Crippen LogP contribution in [0.3, 0.4) is 0 Å². The minimum absolute atomic E-state index is 0.276. The molecule has 1 aromatic carbocycles. The van der Waals surface area contributed by atoms with Gasteiger partial charge >= 0.3 is 0 Å². The maximum atomic E-state index is 12.8. The quantitative estimate of drug-likeness (QED) is 0.761. The maximum absolute atomic E-state index is 12.8. The van der Waals surface area contributed by atoms with Gasteiger partial charge in [-0.2, -0.15) is 5.26 Å². The highest BCUT2D eigenvalue weighted by atomic mass is 19.1. The molecule has 0 aromatic heterocycles. The molecule has 0 spiro atoms. The summed E-state index contributed by atoms with van der Waals surface area (Å²) in [5, 5.41) is 9.17. The van der Waals surface area contributed by atoms with Crippen molar-refractivity contribution < 1.29 is 9.13 Å². The SMILES string of the molecule is N#C[C@H](c1ccc(F)cc1)N1CCOCC1. The predicted molar refractivity (Wildman–Crippen MR) is 57.1 cm³/mol. The van der Waals surface area contributed by atoms with Crippen molar-refractivity contribution in [2.45, 2.75) is 6.04 Å². The highest BCUT2D eigenvalue weighted by Gasteiger charge is 2.21. The zero-order valence-corrected chi connectivity index (χ0v) is 8.90. The van der Waals surface area contributed by atoms with E-state index in [0.717, 1.165) is 18.7 Å². The Kier molecular flexibility index (Phi) is 3.50. The molecule has 1 atom stereocenters. The molecule has 1 fully saturated rings. The van der Waals surface area contributed by atoms with E-state index in [4.69, 9.17) is 4.74 Å². The number of morpholine rings is 1. The topological polar surface area (TPSA) is 36.3 Å². The van der Waals surface area contributed by atoms with Gasteiger partial charge in [0.2, 0.25) is 0 Å². The second-order valence-corrected chi connectivity index (χ2v) is 3.73. The molecule has 1 aromatic rings. The van der Waals surface area contributed by atoms with Crippen molar-refractivity contribution in [1.29, 1.82) is 5.26 Å². The van der Waals surface area contributed by atoms with E-state index in [1.165, 1.54) is 12.1 Å². The van der Waals surface area contributed by atoms with Crippen molar-refractivity contribution in [2.24, 2.45) is 0 Å². The highest BCUT2D eigenvalue weighted by Crippen LogP contribution is 2.21. The van der Waals surface area contributed by atoms with Crippen molar-refractivity contribution in [3.8, 4) is 6.07 Å². The summed E-state index contributed by atoms with van der Waals surface area (Å²) < 4.78 is 18.0. The Hall–Kier alpha value is -1.44. The number of ether oxygens (including phenoxy) is 1. The van der Waals surface area contributed by atoms with Gasteiger partial charge in [0, 0.05) is 13.1 Å². The number of nitrogens with zero attached hydrogens (tertiary/aromatic N) is 2. The van der Waals surface area contributed by atoms with Gasteiger partial charge in [0.15, 0.2) is 0 Å². The molecule has 1 aliphatic heterocycles. The Bertz CT molecular complexity index is 379. The Balaban J connectivity index is 2.15. The van der Waals surface area contributed by atoms with Gasteiger partial charge in [0.25, 0.3) is 0 Å². The van der Waals surface area contributed by atoms with Crippen molar-refractivity contribution >= 4 is 0 Å². The van der Waals surface area contributed by atoms with Crippen LogP contribution in [-0.2, 0) is 4.74 Å². The first-order chi connectivity index (χ1) is 7.81. The summed E-state index contributed by atoms with van der Waals surface area (Å²) >= 11 is 0. The second-order valence-electron chi connectivity index (χ2n) is 3.73. The molecule has 3 nitrogen and oxygen atoms in total. The molecular weight excluding hydrogens is 207 g/mol. The van der Waals surface area contributed by atoms with Gasteiger partial charge in [-0.25, -0.2) is 4.39 Å². The van der Waals surface area contributed by atoms with E-state index in [1.807, 2.05) is 0 Å². The third kappa shape index (κ3) is 2.38. The van der Waals surface area contributed by atoms with Gasteiger partial charge in [-0.1, -0.05) is 12.1 Å². The Labute approximate surface area is 94.0 Å². The Morgan fingerprint density at radius 1 is 1.25 bits per heavy atom. The fourth-order valence-electron chi connectivity index (χ4n) is 1.85. The van der Waals surface area contributed by atoms with E-state index >= 15 is 0 Å². The molecule has 16 heavy (non-hydrogen) atoms. The smallest absolute Gasteiger partial charge is 0.124 e. The van der Waals surface area contributed by atoms with E-state index in [0.29, 0.717) is 13.2 Å². The van der Waals surface area contributed by atoms with Crippen molar-refractivity contribution in [3.63, 3.8) is 0 Å². The maximum Gasteiger partial charge on any atom is 0.124 e. The third-order valence-electron chi connectivity index (χ3n) is 2.72. The van der Waals surface area contributed by atoms with Gasteiger partial charge in [-0.3, -0.25) is 4.90 Å². The fourth-order valence-corrected chi connectivity index (χ4v) is 1.85. The molecule has 1 aliphatic rings. The molecule has 84 valence electrons. The highest BCUT2D eigenvalue weighted by molar-refractivity contribution is 5.24. The summed E-state index contributed by atoms with van der Waals surface area (Å²) in [5.74, 6) is -0.276. The first kappa shape index (κ1) is 11.1. The van der Waals surface area contributed by atoms with Gasteiger partial charge in [-0.05, 0) is 17.7 Å². The molecule has 0 saturated carbocycles. The molecule has 0 radical (unpaired) electrons. The summed E-state index contributed by atoms with van der Waals surface area (Å²) in [4.78, 5) is 2.05. The van der Waals surface area contributed by atoms with Crippen LogP contribution in [0.25, 0.3) is 0 Å². The van der Waals surface area contributed by atoms with Gasteiger partial charge in [0.1, 0.15) is 11.9 Å². The lowest BCUT2D eigenvalue weighted by molar-refractivity contribution is 0.0266. The molecule has 0 N–H and O–H groups in total. The van der Waals surface area contributed by atoms with Gasteiger partial charge in [0.05, 0.1) is 19.3 Å². The van der Waals surface area contributed by atoms with E-state index in [9.17, 15) is 9.65 Å². The lowest BCUT2D eigenvalue weighted by atomic mass is 10.1. The Morgan fingerprint density at radius 3 is 2.44 bits per heavy atom. The van der Waals surface area contributed by atoms with E-state index in [1.54, 1.807) is 12.1 Å². The van der Waals surface area contributed by atoms with Crippen LogP contribution in [0.1, 0.15) is 11.6 Å². The van der Waals surface area contributed by atoms with Crippen LogP contribution in [0.2, 0.25) is 0 Å². The molecule has 0 aliphatic carbocycles. The average Bonchev–Trinajstić information content (AvgIpc) is 2.34. The number of halogens is 1. The van der Waals surface area contributed by atoms with Crippen LogP contribution in [-0.4, -0.2) is 31.2 Å². The number of nitriles is 1. The van der Waals surface area contributed by atoms with E-state index < -0.39 is 0 Å². The lowest BCUT2D eigenvalue weighted by Crippen LogP contribution is -2.38. The zero-order chi connectivity index (χ0) is 11.4. The van der Waals surface area contributed by atoms with Crippen molar-refractivity contribution in [3.05, 3.63) is 35.6 Å². The second kappa shape index (κ2) is 5.06. The number of hydrogen-bond acceptors (Lipinski definition) is 3. The zero-order valence-electron chi connectivity index (χ0n) is 8.90. The first-order valence-corrected chi connectivity index (χ1v) is 5.28. The summed E-state index contributed by atoms with van der Waals surface area (Å²) in [6.45, 7) is 2.80. The third-order valence-corrected chi connectivity index (χ3v) is 2.72. The molecule has 0 amide bonds. The molecular formula is C12H13FN2O. The molecule has 1 saturated heterocycles. The molecule has 4 heteroatoms. The minimum Gasteiger partial charge on any atom is -0.379 e. The molecule has 1 heterocycles. The van der Waals surface area contributed by atoms with Crippen LogP contribution < -0.4 is 0 Å². The summed E-state index contributed by atoms with van der Waals surface area (Å²) in [6, 6.07) is 8.06. The number of benzene rings is 1. The standard InChI is InChI=1S/C12H13FN2O/c13-11-3-1-10(2-4-11)12(9-14)15-5-7-16-8-6-15/h1-4,12H,5-8H2/t12-/m1/s1. The molecule has 0 bridgehead atoms. The van der Waals surface area contributed by atoms with Crippen LogP contribution in [0.15, 0.2) is 24.3 Å². The van der Waals surface area contributed by atoms with Crippen molar-refractivity contribution in [2.75, 3.05) is 26.3 Å². The Morgan fingerprint density at radius 2 is 1.88 bits per heavy atom. The van der Waals surface area contributed by atoms with Gasteiger partial charge in [-0.15, -0.1) is 0 Å². The van der Waals surface area contributed by atoms with Crippen LogP contribution in [0.4, 0.5) is 4.39 Å². The van der Waals surface area contributed by atoms with E-state index in [-0.39, 0.29) is 11.9 Å². The molecule has 0 unspecified atom stereocenters. The summed E-state index contributed by atoms with van der Waals surface area (Å²) in [5.41, 5.74) is 0.839. The summed E-state index contributed by atoms with van der Waals surface area (Å²) in [7, 11) is 0.